The molecule has 32 heavy (non-hydrogen) atoms. The molecular formula is C26H29N5S. The van der Waals surface area contributed by atoms with Crippen LogP contribution in [0.2, 0.25) is 0 Å². The number of aromatic nitrogens is 2. The van der Waals surface area contributed by atoms with E-state index in [0.29, 0.717) is 0 Å². The highest BCUT2D eigenvalue weighted by Crippen LogP contribution is 2.30. The van der Waals surface area contributed by atoms with E-state index in [1.54, 1.807) is 11.3 Å². The molecule has 2 heterocycles. The smallest absolute Gasteiger partial charge is 0.188 e. The predicted molar refractivity (Wildman–Crippen MR) is 134 cm³/mol. The first-order valence-corrected chi connectivity index (χ1v) is 11.6. The van der Waals surface area contributed by atoms with E-state index in [-0.39, 0.29) is 0 Å². The zero-order valence-electron chi connectivity index (χ0n) is 18.6. The maximum Gasteiger partial charge on any atom is 0.188 e. The molecule has 0 amide bonds. The first-order chi connectivity index (χ1) is 15.7. The zero-order chi connectivity index (χ0) is 22.2. The lowest BCUT2D eigenvalue weighted by atomic mass is 10.2. The number of nitrogens with zero attached hydrogens (tertiary/aromatic N) is 4. The molecule has 0 unspecified atom stereocenters. The Hall–Kier alpha value is -3.06. The summed E-state index contributed by atoms with van der Waals surface area (Å²) in [6.07, 6.45) is 3.78. The maximum atomic E-state index is 4.53. The highest BCUT2D eigenvalue weighted by atomic mass is 32.1. The average Bonchev–Trinajstić information content (AvgIpc) is 3.27. The number of anilines is 2. The van der Waals surface area contributed by atoms with Crippen LogP contribution >= 0.6 is 11.3 Å². The first kappa shape index (κ1) is 22.1. The molecule has 0 aliphatic heterocycles. The van der Waals surface area contributed by atoms with Gasteiger partial charge in [-0.1, -0.05) is 72.0 Å². The molecule has 0 aliphatic rings. The molecule has 1 N–H and O–H groups in total. The van der Waals surface area contributed by atoms with Crippen molar-refractivity contribution < 1.29 is 0 Å². The van der Waals surface area contributed by atoms with Gasteiger partial charge in [0.15, 0.2) is 5.13 Å². The van der Waals surface area contributed by atoms with Gasteiger partial charge in [0.1, 0.15) is 5.82 Å². The zero-order valence-corrected chi connectivity index (χ0v) is 19.4. The van der Waals surface area contributed by atoms with Crippen molar-refractivity contribution in [1.82, 2.24) is 19.8 Å². The van der Waals surface area contributed by atoms with Crippen LogP contribution in [0.4, 0.5) is 10.9 Å². The number of hydrogen-bond donors (Lipinski definition) is 1. The van der Waals surface area contributed by atoms with Gasteiger partial charge in [-0.3, -0.25) is 4.90 Å². The number of benzene rings is 2. The van der Waals surface area contributed by atoms with Crippen molar-refractivity contribution in [1.29, 1.82) is 0 Å². The summed E-state index contributed by atoms with van der Waals surface area (Å²) < 4.78 is 0. The van der Waals surface area contributed by atoms with Crippen LogP contribution in [0, 0.1) is 0 Å². The van der Waals surface area contributed by atoms with E-state index in [2.05, 4.69) is 93.8 Å². The van der Waals surface area contributed by atoms with Crippen LogP contribution < -0.4 is 5.32 Å². The number of thiazole rings is 1. The minimum atomic E-state index is 0.823. The molecule has 0 radical (unpaired) electrons. The maximum absolute atomic E-state index is 4.53. The standard InChI is InChI=1S/C26H29N5S/c1-30(2)15-16-31(19-21-9-5-3-6-10-21)20-22-13-14-27-25(17-22)29-26-28-18-24(32-26)23-11-7-4-8-12-23/h3-14,17-18H,15-16,19-20H2,1-2H3,(H,27,28,29). The number of hydrogen-bond acceptors (Lipinski definition) is 6. The number of rotatable bonds is 10. The third-order valence-electron chi connectivity index (χ3n) is 5.14. The van der Waals surface area contributed by atoms with Crippen molar-refractivity contribution in [3.8, 4) is 10.4 Å². The van der Waals surface area contributed by atoms with Gasteiger partial charge in [0.05, 0.1) is 4.88 Å². The highest BCUT2D eigenvalue weighted by molar-refractivity contribution is 7.18. The van der Waals surface area contributed by atoms with Crippen molar-refractivity contribution >= 4 is 22.3 Å². The number of likely N-dealkylation sites (N-methyl/N-ethyl adjacent to an activating group) is 1. The second kappa shape index (κ2) is 11.0. The summed E-state index contributed by atoms with van der Waals surface area (Å²) in [6.45, 7) is 3.81. The minimum absolute atomic E-state index is 0.823. The molecule has 0 saturated heterocycles. The second-order valence-corrected chi connectivity index (χ2v) is 9.10. The Morgan fingerprint density at radius 1 is 0.812 bits per heavy atom. The highest BCUT2D eigenvalue weighted by Gasteiger charge is 2.10. The molecule has 0 atom stereocenters. The summed E-state index contributed by atoms with van der Waals surface area (Å²) in [4.78, 5) is 14.9. The third-order valence-corrected chi connectivity index (χ3v) is 6.10. The van der Waals surface area contributed by atoms with Crippen LogP contribution in [0.5, 0.6) is 0 Å². The van der Waals surface area contributed by atoms with E-state index in [0.717, 1.165) is 42.0 Å². The normalized spacial score (nSPS) is 11.2. The largest absolute Gasteiger partial charge is 0.316 e. The Morgan fingerprint density at radius 3 is 2.28 bits per heavy atom. The fourth-order valence-electron chi connectivity index (χ4n) is 3.47. The molecule has 4 rings (SSSR count). The van der Waals surface area contributed by atoms with Crippen molar-refractivity contribution in [3.05, 3.63) is 96.3 Å². The Balaban J connectivity index is 1.44. The Morgan fingerprint density at radius 2 is 1.53 bits per heavy atom. The second-order valence-electron chi connectivity index (χ2n) is 8.07. The van der Waals surface area contributed by atoms with Gasteiger partial charge in [-0.2, -0.15) is 0 Å². The molecule has 2 aromatic heterocycles. The molecule has 0 aliphatic carbocycles. The molecule has 4 aromatic rings. The summed E-state index contributed by atoms with van der Waals surface area (Å²) in [6, 6.07) is 25.2. The number of nitrogens with one attached hydrogen (secondary N) is 1. The van der Waals surface area contributed by atoms with Crippen molar-refractivity contribution in [2.75, 3.05) is 32.5 Å². The Kier molecular flexibility index (Phi) is 7.61. The third kappa shape index (κ3) is 6.47. The van der Waals surface area contributed by atoms with Crippen LogP contribution in [-0.4, -0.2) is 47.0 Å². The molecule has 2 aromatic carbocycles. The fourth-order valence-corrected chi connectivity index (χ4v) is 4.30. The van der Waals surface area contributed by atoms with Crippen molar-refractivity contribution in [3.63, 3.8) is 0 Å². The summed E-state index contributed by atoms with van der Waals surface area (Å²) in [5.41, 5.74) is 3.74. The summed E-state index contributed by atoms with van der Waals surface area (Å²) in [7, 11) is 4.24. The van der Waals surface area contributed by atoms with Crippen molar-refractivity contribution in [2.24, 2.45) is 0 Å². The van der Waals surface area contributed by atoms with E-state index >= 15 is 0 Å². The lowest BCUT2D eigenvalue weighted by Crippen LogP contribution is -2.31. The van der Waals surface area contributed by atoms with Crippen LogP contribution in [0.1, 0.15) is 11.1 Å². The van der Waals surface area contributed by atoms with Gasteiger partial charge in [0.25, 0.3) is 0 Å². The van der Waals surface area contributed by atoms with Gasteiger partial charge in [-0.25, -0.2) is 9.97 Å². The summed E-state index contributed by atoms with van der Waals surface area (Å²) >= 11 is 1.64. The fraction of sp³-hybridized carbons (Fsp3) is 0.231. The van der Waals surface area contributed by atoms with E-state index in [4.69, 9.17) is 0 Å². The minimum Gasteiger partial charge on any atom is -0.316 e. The quantitative estimate of drug-likeness (QED) is 0.350. The van der Waals surface area contributed by atoms with Gasteiger partial charge in [0.2, 0.25) is 0 Å². The topological polar surface area (TPSA) is 44.3 Å². The first-order valence-electron chi connectivity index (χ1n) is 10.8. The molecule has 6 heteroatoms. The molecule has 0 fully saturated rings. The van der Waals surface area contributed by atoms with Gasteiger partial charge < -0.3 is 10.2 Å². The van der Waals surface area contributed by atoms with Crippen molar-refractivity contribution in [2.45, 2.75) is 13.1 Å². The summed E-state index contributed by atoms with van der Waals surface area (Å²) in [5.74, 6) is 0.823. The average molecular weight is 444 g/mol. The molecule has 164 valence electrons. The lowest BCUT2D eigenvalue weighted by Gasteiger charge is -2.24. The predicted octanol–water partition coefficient (Wildman–Crippen LogP) is 5.51. The van der Waals surface area contributed by atoms with Gasteiger partial charge >= 0.3 is 0 Å². The van der Waals surface area contributed by atoms with Gasteiger partial charge in [-0.15, -0.1) is 0 Å². The Bertz CT molecular complexity index is 1100. The van der Waals surface area contributed by atoms with Crippen LogP contribution in [0.25, 0.3) is 10.4 Å². The molecular weight excluding hydrogens is 414 g/mol. The number of pyridine rings is 1. The van der Waals surface area contributed by atoms with Crippen LogP contribution in [0.3, 0.4) is 0 Å². The molecule has 0 saturated carbocycles. The van der Waals surface area contributed by atoms with E-state index in [1.807, 2.05) is 30.6 Å². The molecule has 0 spiro atoms. The van der Waals surface area contributed by atoms with E-state index < -0.39 is 0 Å². The summed E-state index contributed by atoms with van der Waals surface area (Å²) in [5, 5.41) is 4.23. The van der Waals surface area contributed by atoms with Gasteiger partial charge in [-0.05, 0) is 42.9 Å². The van der Waals surface area contributed by atoms with E-state index in [1.165, 1.54) is 16.7 Å². The van der Waals surface area contributed by atoms with E-state index in [9.17, 15) is 0 Å². The van der Waals surface area contributed by atoms with Crippen LogP contribution in [0.15, 0.2) is 85.2 Å². The monoisotopic (exact) mass is 443 g/mol. The van der Waals surface area contributed by atoms with Gasteiger partial charge in [0, 0.05) is 38.6 Å². The van der Waals surface area contributed by atoms with Crippen LogP contribution in [-0.2, 0) is 13.1 Å². The molecule has 5 nitrogen and oxygen atoms in total. The lowest BCUT2D eigenvalue weighted by molar-refractivity contribution is 0.226. The molecule has 0 bridgehead atoms. The Labute approximate surface area is 194 Å². The SMILES string of the molecule is CN(C)CCN(Cc1ccccc1)Cc1ccnc(Nc2ncc(-c3ccccc3)s2)c1.